The maximum Gasteiger partial charge on any atom is 0.238 e. The lowest BCUT2D eigenvalue weighted by Gasteiger charge is -2.52. The number of amides is 1. The second kappa shape index (κ2) is 9.08. The molecule has 1 aromatic rings. The fraction of sp³-hybridized carbons (Fsp3) is 0.565. The highest BCUT2D eigenvalue weighted by Gasteiger charge is 2.51. The zero-order valence-electron chi connectivity index (χ0n) is 16.8. The van der Waals surface area contributed by atoms with Crippen LogP contribution in [0.5, 0.6) is 0 Å². The lowest BCUT2D eigenvalue weighted by atomic mass is 9.75. The number of morpholine rings is 1. The SMILES string of the molecule is N#C[C@H]1[C@@H](c2ccc(C3=CCCCC3)cc2)[C@H](CO)N1C(=O)CN1CCOCC1. The van der Waals surface area contributed by atoms with Gasteiger partial charge in [-0.15, -0.1) is 0 Å². The van der Waals surface area contributed by atoms with E-state index in [1.54, 1.807) is 4.90 Å². The van der Waals surface area contributed by atoms with E-state index < -0.39 is 6.04 Å². The molecule has 1 aliphatic carbocycles. The number of aliphatic hydroxyl groups excluding tert-OH is 1. The first kappa shape index (κ1) is 20.1. The largest absolute Gasteiger partial charge is 0.394 e. The maximum absolute atomic E-state index is 12.8. The summed E-state index contributed by atoms with van der Waals surface area (Å²) < 4.78 is 5.33. The van der Waals surface area contributed by atoms with E-state index in [2.05, 4.69) is 41.3 Å². The Bertz CT molecular complexity index is 793. The Morgan fingerprint density at radius 1 is 1.21 bits per heavy atom. The number of rotatable bonds is 5. The van der Waals surface area contributed by atoms with E-state index in [0.717, 1.165) is 31.5 Å². The van der Waals surface area contributed by atoms with Gasteiger partial charge >= 0.3 is 0 Å². The summed E-state index contributed by atoms with van der Waals surface area (Å²) in [5.41, 5.74) is 3.66. The molecule has 2 aliphatic heterocycles. The summed E-state index contributed by atoms with van der Waals surface area (Å²) in [5, 5.41) is 19.7. The molecule has 0 spiro atoms. The van der Waals surface area contributed by atoms with Crippen LogP contribution < -0.4 is 0 Å². The minimum absolute atomic E-state index is 0.0854. The number of carbonyl (C=O) groups is 1. The van der Waals surface area contributed by atoms with Crippen molar-refractivity contribution in [2.75, 3.05) is 39.5 Å². The van der Waals surface area contributed by atoms with E-state index in [1.165, 1.54) is 24.0 Å². The van der Waals surface area contributed by atoms with Crippen molar-refractivity contribution in [3.05, 3.63) is 41.5 Å². The summed E-state index contributed by atoms with van der Waals surface area (Å²) in [4.78, 5) is 16.5. The first-order valence-corrected chi connectivity index (χ1v) is 10.6. The van der Waals surface area contributed by atoms with Crippen LogP contribution in [0.15, 0.2) is 30.3 Å². The van der Waals surface area contributed by atoms with Crippen LogP contribution in [-0.4, -0.2) is 72.4 Å². The highest BCUT2D eigenvalue weighted by atomic mass is 16.5. The van der Waals surface area contributed by atoms with Crippen LogP contribution in [0.3, 0.4) is 0 Å². The summed E-state index contributed by atoms with van der Waals surface area (Å²) in [7, 11) is 0. The lowest BCUT2D eigenvalue weighted by Crippen LogP contribution is -2.66. The van der Waals surface area contributed by atoms with Gasteiger partial charge in [-0.1, -0.05) is 30.3 Å². The third kappa shape index (κ3) is 4.09. The van der Waals surface area contributed by atoms with E-state index in [9.17, 15) is 15.2 Å². The van der Waals surface area contributed by atoms with Crippen LogP contribution in [0.2, 0.25) is 0 Å². The van der Waals surface area contributed by atoms with Gasteiger partial charge in [-0.3, -0.25) is 9.69 Å². The van der Waals surface area contributed by atoms with Crippen LogP contribution in [-0.2, 0) is 9.53 Å². The van der Waals surface area contributed by atoms with Crippen molar-refractivity contribution in [1.82, 2.24) is 9.80 Å². The zero-order valence-corrected chi connectivity index (χ0v) is 16.8. The van der Waals surface area contributed by atoms with Gasteiger partial charge in [-0.2, -0.15) is 5.26 Å². The molecule has 0 saturated carbocycles. The molecule has 3 atom stereocenters. The van der Waals surface area contributed by atoms with Crippen molar-refractivity contribution in [1.29, 1.82) is 5.26 Å². The summed E-state index contributed by atoms with van der Waals surface area (Å²) in [5.74, 6) is -0.231. The fourth-order valence-corrected chi connectivity index (χ4v) is 4.80. The highest BCUT2D eigenvalue weighted by molar-refractivity contribution is 5.81. The normalized spacial score (nSPS) is 27.7. The van der Waals surface area contributed by atoms with E-state index in [1.807, 2.05) is 0 Å². The molecule has 2 fully saturated rings. The minimum atomic E-state index is -0.527. The Morgan fingerprint density at radius 3 is 2.59 bits per heavy atom. The minimum Gasteiger partial charge on any atom is -0.394 e. The fourth-order valence-electron chi connectivity index (χ4n) is 4.80. The predicted octanol–water partition coefficient (Wildman–Crippen LogP) is 2.16. The molecule has 1 N–H and O–H groups in total. The number of ether oxygens (including phenoxy) is 1. The van der Waals surface area contributed by atoms with E-state index in [0.29, 0.717) is 13.2 Å². The molecule has 0 aromatic heterocycles. The monoisotopic (exact) mass is 395 g/mol. The molecule has 3 aliphatic rings. The lowest BCUT2D eigenvalue weighted by molar-refractivity contribution is -0.149. The van der Waals surface area contributed by atoms with E-state index >= 15 is 0 Å². The van der Waals surface area contributed by atoms with Gasteiger partial charge in [0.2, 0.25) is 5.91 Å². The summed E-state index contributed by atoms with van der Waals surface area (Å²) in [6.07, 6.45) is 7.08. The van der Waals surface area contributed by atoms with Crippen molar-refractivity contribution in [2.45, 2.75) is 43.7 Å². The van der Waals surface area contributed by atoms with Crippen LogP contribution in [0.4, 0.5) is 0 Å². The van der Waals surface area contributed by atoms with Crippen molar-refractivity contribution in [3.8, 4) is 6.07 Å². The van der Waals surface area contributed by atoms with Gasteiger partial charge in [0.05, 0.1) is 38.5 Å². The average Bonchev–Trinajstić information content (AvgIpc) is 2.75. The second-order valence-corrected chi connectivity index (χ2v) is 8.14. The smallest absolute Gasteiger partial charge is 0.238 e. The first-order valence-electron chi connectivity index (χ1n) is 10.6. The first-order chi connectivity index (χ1) is 14.2. The molecule has 0 bridgehead atoms. The molecular weight excluding hydrogens is 366 g/mol. The molecule has 2 saturated heterocycles. The molecule has 1 aromatic carbocycles. The number of hydrogen-bond donors (Lipinski definition) is 1. The molecule has 154 valence electrons. The summed E-state index contributed by atoms with van der Waals surface area (Å²) in [6, 6.07) is 9.79. The number of nitrogens with zero attached hydrogens (tertiary/aromatic N) is 3. The van der Waals surface area contributed by atoms with Crippen LogP contribution >= 0.6 is 0 Å². The Kier molecular flexibility index (Phi) is 6.29. The van der Waals surface area contributed by atoms with Crippen molar-refractivity contribution in [3.63, 3.8) is 0 Å². The number of carbonyl (C=O) groups excluding carboxylic acids is 1. The summed E-state index contributed by atoms with van der Waals surface area (Å²) >= 11 is 0. The molecule has 1 amide bonds. The van der Waals surface area contributed by atoms with Crippen LogP contribution in [0, 0.1) is 11.3 Å². The van der Waals surface area contributed by atoms with E-state index in [4.69, 9.17) is 4.74 Å². The quantitative estimate of drug-likeness (QED) is 0.827. The number of allylic oxidation sites excluding steroid dienone is 2. The van der Waals surface area contributed by atoms with Gasteiger partial charge in [0.15, 0.2) is 0 Å². The topological polar surface area (TPSA) is 76.8 Å². The second-order valence-electron chi connectivity index (χ2n) is 8.14. The van der Waals surface area contributed by atoms with Crippen molar-refractivity contribution >= 4 is 11.5 Å². The van der Waals surface area contributed by atoms with E-state index in [-0.39, 0.29) is 31.0 Å². The number of nitriles is 1. The van der Waals surface area contributed by atoms with Crippen molar-refractivity contribution < 1.29 is 14.6 Å². The molecule has 6 heteroatoms. The van der Waals surface area contributed by atoms with Gasteiger partial charge < -0.3 is 14.7 Å². The third-order valence-electron chi connectivity index (χ3n) is 6.44. The maximum atomic E-state index is 12.8. The Balaban J connectivity index is 1.47. The molecule has 0 unspecified atom stereocenters. The van der Waals surface area contributed by atoms with Gasteiger partial charge in [0, 0.05) is 19.0 Å². The standard InChI is InChI=1S/C23H29N3O3/c24-14-20-23(19-8-6-18(7-9-19)17-4-2-1-3-5-17)21(16-27)26(20)22(28)15-25-10-12-29-13-11-25/h4,6-9,20-21,23,27H,1-3,5,10-13,15-16H2/t20-,21-,23+/m0/s1. The van der Waals surface area contributed by atoms with Gasteiger partial charge in [-0.25, -0.2) is 0 Å². The number of hydrogen-bond acceptors (Lipinski definition) is 5. The summed E-state index contributed by atoms with van der Waals surface area (Å²) in [6.45, 7) is 2.85. The van der Waals surface area contributed by atoms with Crippen LogP contribution in [0.1, 0.15) is 42.7 Å². The Morgan fingerprint density at radius 2 is 1.97 bits per heavy atom. The zero-order chi connectivity index (χ0) is 20.2. The third-order valence-corrected chi connectivity index (χ3v) is 6.44. The van der Waals surface area contributed by atoms with Gasteiger partial charge in [0.1, 0.15) is 6.04 Å². The van der Waals surface area contributed by atoms with Gasteiger partial charge in [-0.05, 0) is 42.4 Å². The van der Waals surface area contributed by atoms with Crippen LogP contribution in [0.25, 0.3) is 5.57 Å². The highest BCUT2D eigenvalue weighted by Crippen LogP contribution is 2.41. The Hall–Kier alpha value is -2.20. The molecule has 0 radical (unpaired) electrons. The molecule has 2 heterocycles. The molecule has 6 nitrogen and oxygen atoms in total. The Labute approximate surface area is 172 Å². The number of aliphatic hydroxyl groups is 1. The average molecular weight is 396 g/mol. The molecular formula is C23H29N3O3. The van der Waals surface area contributed by atoms with Gasteiger partial charge in [0.25, 0.3) is 0 Å². The predicted molar refractivity (Wildman–Crippen MR) is 110 cm³/mol. The number of benzene rings is 1. The molecule has 4 rings (SSSR count). The van der Waals surface area contributed by atoms with Crippen molar-refractivity contribution in [2.24, 2.45) is 0 Å². The molecule has 29 heavy (non-hydrogen) atoms. The number of likely N-dealkylation sites (tertiary alicyclic amines) is 1.